The van der Waals surface area contributed by atoms with E-state index in [1.54, 1.807) is 19.2 Å². The number of nitrogens with zero attached hydrogens (tertiary/aromatic N) is 1. The number of amides is 2. The van der Waals surface area contributed by atoms with Gasteiger partial charge in [-0.05, 0) is 65.0 Å². The molecule has 0 aliphatic rings. The highest BCUT2D eigenvalue weighted by Gasteiger charge is 2.15. The molecule has 2 amide bonds. The summed E-state index contributed by atoms with van der Waals surface area (Å²) >= 11 is 0. The van der Waals surface area contributed by atoms with Crippen LogP contribution in [0.5, 0.6) is 0 Å². The van der Waals surface area contributed by atoms with Gasteiger partial charge in [0.1, 0.15) is 11.4 Å². The third-order valence-electron chi connectivity index (χ3n) is 3.44. The van der Waals surface area contributed by atoms with Crippen molar-refractivity contribution in [1.82, 2.24) is 10.3 Å². The Kier molecular flexibility index (Phi) is 9.05. The zero-order valence-electron chi connectivity index (χ0n) is 16.2. The van der Waals surface area contributed by atoms with Crippen molar-refractivity contribution in [2.24, 2.45) is 0 Å². The molecule has 0 radical (unpaired) electrons. The first-order valence-electron chi connectivity index (χ1n) is 9.05. The van der Waals surface area contributed by atoms with E-state index in [1.165, 1.54) is 0 Å². The van der Waals surface area contributed by atoms with E-state index in [2.05, 4.69) is 15.6 Å². The van der Waals surface area contributed by atoms with Gasteiger partial charge < -0.3 is 20.5 Å². The lowest BCUT2D eigenvalue weighted by atomic mass is 10.1. The van der Waals surface area contributed by atoms with E-state index in [9.17, 15) is 14.7 Å². The normalized spacial score (nSPS) is 12.3. The third kappa shape index (κ3) is 10.7. The maximum absolute atomic E-state index is 11.9. The second-order valence-corrected chi connectivity index (χ2v) is 7.37. The number of hydrogen-bond acceptors (Lipinski definition) is 5. The number of alkyl carbamates (subject to hydrolysis) is 1. The molecule has 1 heterocycles. The molecule has 0 aromatic carbocycles. The molecule has 1 unspecified atom stereocenters. The fourth-order valence-electron chi connectivity index (χ4n) is 2.14. The van der Waals surface area contributed by atoms with Crippen LogP contribution in [-0.2, 0) is 16.0 Å². The van der Waals surface area contributed by atoms with Gasteiger partial charge in [0.25, 0.3) is 0 Å². The first-order valence-corrected chi connectivity index (χ1v) is 9.05. The van der Waals surface area contributed by atoms with Gasteiger partial charge in [0.2, 0.25) is 5.91 Å². The van der Waals surface area contributed by atoms with Gasteiger partial charge in [-0.15, -0.1) is 0 Å². The summed E-state index contributed by atoms with van der Waals surface area (Å²) in [6.45, 7) is 7.66. The molecule has 1 atom stereocenters. The van der Waals surface area contributed by atoms with Crippen molar-refractivity contribution in [1.29, 1.82) is 0 Å². The van der Waals surface area contributed by atoms with Crippen LogP contribution in [0.25, 0.3) is 0 Å². The van der Waals surface area contributed by atoms with Gasteiger partial charge in [0.05, 0.1) is 6.10 Å². The summed E-state index contributed by atoms with van der Waals surface area (Å²) in [5, 5.41) is 14.7. The Bertz CT molecular complexity index is 565. The van der Waals surface area contributed by atoms with E-state index < -0.39 is 11.7 Å². The van der Waals surface area contributed by atoms with Crippen LogP contribution >= 0.6 is 0 Å². The van der Waals surface area contributed by atoms with Crippen LogP contribution in [0.15, 0.2) is 18.3 Å². The Labute approximate surface area is 155 Å². The van der Waals surface area contributed by atoms with Crippen LogP contribution in [0.4, 0.5) is 10.6 Å². The number of ether oxygens (including phenoxy) is 1. The zero-order chi connectivity index (χ0) is 19.6. The Morgan fingerprint density at radius 2 is 2.00 bits per heavy atom. The molecule has 146 valence electrons. The van der Waals surface area contributed by atoms with Crippen molar-refractivity contribution in [2.75, 3.05) is 11.9 Å². The first-order chi connectivity index (χ1) is 12.2. The lowest BCUT2D eigenvalue weighted by Gasteiger charge is -2.19. The first kappa shape index (κ1) is 21.9. The highest BCUT2D eigenvalue weighted by atomic mass is 16.6. The smallest absolute Gasteiger partial charge is 0.407 e. The number of pyridine rings is 1. The summed E-state index contributed by atoms with van der Waals surface area (Å²) in [7, 11) is 0. The minimum Gasteiger partial charge on any atom is -0.444 e. The van der Waals surface area contributed by atoms with Gasteiger partial charge in [-0.25, -0.2) is 9.78 Å². The summed E-state index contributed by atoms with van der Waals surface area (Å²) < 4.78 is 5.13. The number of hydrogen-bond donors (Lipinski definition) is 3. The number of nitrogens with one attached hydrogen (secondary N) is 2. The van der Waals surface area contributed by atoms with Gasteiger partial charge >= 0.3 is 6.09 Å². The SMILES string of the molecule is CC(O)CCc1ccc(NC(=O)CCCCNC(=O)OC(C)(C)C)nc1. The van der Waals surface area contributed by atoms with Crippen molar-refractivity contribution >= 4 is 17.8 Å². The predicted molar refractivity (Wildman–Crippen MR) is 101 cm³/mol. The van der Waals surface area contributed by atoms with Crippen molar-refractivity contribution in [3.63, 3.8) is 0 Å². The number of carbonyl (C=O) groups excluding carboxylic acids is 2. The Hall–Kier alpha value is -2.15. The third-order valence-corrected chi connectivity index (χ3v) is 3.44. The summed E-state index contributed by atoms with van der Waals surface area (Å²) in [5.41, 5.74) is 0.514. The standard InChI is InChI=1S/C19H31N3O4/c1-14(23)8-9-15-10-11-16(21-13-15)22-17(24)7-5-6-12-20-18(25)26-19(2,3)4/h10-11,13-14,23H,5-9,12H2,1-4H3,(H,20,25)(H,21,22,24). The number of aliphatic hydroxyl groups excluding tert-OH is 1. The Morgan fingerprint density at radius 1 is 1.27 bits per heavy atom. The van der Waals surface area contributed by atoms with Gasteiger partial charge in [0.15, 0.2) is 0 Å². The molecule has 0 aliphatic heterocycles. The van der Waals surface area contributed by atoms with Crippen molar-refractivity contribution in [3.05, 3.63) is 23.9 Å². The topological polar surface area (TPSA) is 101 Å². The highest BCUT2D eigenvalue weighted by molar-refractivity contribution is 5.89. The van der Waals surface area contributed by atoms with Gasteiger partial charge in [0, 0.05) is 19.2 Å². The lowest BCUT2D eigenvalue weighted by Crippen LogP contribution is -2.33. The summed E-state index contributed by atoms with van der Waals surface area (Å²) in [4.78, 5) is 27.6. The fourth-order valence-corrected chi connectivity index (χ4v) is 2.14. The van der Waals surface area contributed by atoms with E-state index in [-0.39, 0.29) is 12.0 Å². The number of carbonyl (C=O) groups is 2. The van der Waals surface area contributed by atoms with Crippen molar-refractivity contribution < 1.29 is 19.4 Å². The molecular formula is C19H31N3O4. The van der Waals surface area contributed by atoms with Crippen LogP contribution in [0.2, 0.25) is 0 Å². The Balaban J connectivity index is 2.19. The molecule has 0 spiro atoms. The molecule has 26 heavy (non-hydrogen) atoms. The second-order valence-electron chi connectivity index (χ2n) is 7.37. The summed E-state index contributed by atoms with van der Waals surface area (Å²) in [6.07, 6.45) is 4.09. The number of rotatable bonds is 9. The maximum Gasteiger partial charge on any atom is 0.407 e. The highest BCUT2D eigenvalue weighted by Crippen LogP contribution is 2.09. The largest absolute Gasteiger partial charge is 0.444 e. The average Bonchev–Trinajstić information content (AvgIpc) is 2.52. The van der Waals surface area contributed by atoms with Gasteiger partial charge in [-0.2, -0.15) is 0 Å². The fraction of sp³-hybridized carbons (Fsp3) is 0.632. The van der Waals surface area contributed by atoms with E-state index in [4.69, 9.17) is 4.74 Å². The molecule has 1 aromatic rings. The van der Waals surface area contributed by atoms with Gasteiger partial charge in [-0.1, -0.05) is 6.07 Å². The average molecular weight is 365 g/mol. The second kappa shape index (κ2) is 10.8. The number of aryl methyl sites for hydroxylation is 1. The zero-order valence-corrected chi connectivity index (χ0v) is 16.2. The number of anilines is 1. The van der Waals surface area contributed by atoms with Crippen LogP contribution in [0, 0.1) is 0 Å². The van der Waals surface area contributed by atoms with Crippen molar-refractivity contribution in [2.45, 2.75) is 71.5 Å². The van der Waals surface area contributed by atoms with Crippen LogP contribution in [-0.4, -0.2) is 40.3 Å². The number of aliphatic hydroxyl groups is 1. The van der Waals surface area contributed by atoms with E-state index in [0.29, 0.717) is 38.0 Å². The molecule has 7 heteroatoms. The van der Waals surface area contributed by atoms with Crippen LogP contribution in [0.1, 0.15) is 58.9 Å². The van der Waals surface area contributed by atoms with E-state index in [0.717, 1.165) is 12.0 Å². The minimum absolute atomic E-state index is 0.105. The lowest BCUT2D eigenvalue weighted by molar-refractivity contribution is -0.116. The maximum atomic E-state index is 11.9. The number of aromatic nitrogens is 1. The van der Waals surface area contributed by atoms with E-state index >= 15 is 0 Å². The van der Waals surface area contributed by atoms with Crippen LogP contribution in [0.3, 0.4) is 0 Å². The molecule has 1 rings (SSSR count). The molecular weight excluding hydrogens is 334 g/mol. The monoisotopic (exact) mass is 365 g/mol. The molecule has 1 aromatic heterocycles. The summed E-state index contributed by atoms with van der Waals surface area (Å²) in [6, 6.07) is 3.66. The molecule has 0 aliphatic carbocycles. The Morgan fingerprint density at radius 3 is 2.58 bits per heavy atom. The molecule has 0 bridgehead atoms. The van der Waals surface area contributed by atoms with E-state index in [1.807, 2.05) is 26.8 Å². The molecule has 0 saturated heterocycles. The number of unbranched alkanes of at least 4 members (excludes halogenated alkanes) is 1. The minimum atomic E-state index is -0.511. The molecule has 3 N–H and O–H groups in total. The molecule has 0 saturated carbocycles. The van der Waals surface area contributed by atoms with Gasteiger partial charge in [-0.3, -0.25) is 4.79 Å². The quantitative estimate of drug-likeness (QED) is 0.584. The van der Waals surface area contributed by atoms with Crippen molar-refractivity contribution in [3.8, 4) is 0 Å². The molecule has 0 fully saturated rings. The predicted octanol–water partition coefficient (Wildman–Crippen LogP) is 3.03. The molecule has 7 nitrogen and oxygen atoms in total. The summed E-state index contributed by atoms with van der Waals surface area (Å²) in [5.74, 6) is 0.411. The van der Waals surface area contributed by atoms with Crippen LogP contribution < -0.4 is 10.6 Å².